The Labute approximate surface area is 228 Å². The van der Waals surface area contributed by atoms with E-state index in [1.165, 1.54) is 18.2 Å². The molecule has 1 aliphatic rings. The molecule has 0 unspecified atom stereocenters. The molecule has 1 saturated heterocycles. The van der Waals surface area contributed by atoms with Crippen LogP contribution in [-0.2, 0) is 9.47 Å². The van der Waals surface area contributed by atoms with Crippen molar-refractivity contribution < 1.29 is 31.8 Å². The smallest absolute Gasteiger partial charge is 0.201 e. The summed E-state index contributed by atoms with van der Waals surface area (Å²) in [6.45, 7) is 5.03. The monoisotopic (exact) mass is 544 g/mol. The van der Waals surface area contributed by atoms with Gasteiger partial charge in [0.25, 0.3) is 0 Å². The zero-order chi connectivity index (χ0) is 27.8. The maximum absolute atomic E-state index is 15.1. The molecule has 4 rings (SSSR count). The van der Waals surface area contributed by atoms with Crippen LogP contribution in [-0.4, -0.2) is 26.1 Å². The standard InChI is InChI=1S/C32H36F4O3/c1-3-5-7-9-28-38-19-23(20-39-28)26-15-14-24(29(33)30(26)34)21-10-12-22(13-11-21)25-16-17-27(32(36)31(25)35)37-18-8-6-4-2/h10-17,23,28H,3-9,18-20H2,1-2H3. The topological polar surface area (TPSA) is 27.7 Å². The second kappa shape index (κ2) is 13.9. The molecule has 3 aromatic carbocycles. The van der Waals surface area contributed by atoms with Crippen LogP contribution in [0.3, 0.4) is 0 Å². The first-order chi connectivity index (χ1) is 18.9. The van der Waals surface area contributed by atoms with E-state index < -0.39 is 29.2 Å². The third kappa shape index (κ3) is 7.00. The third-order valence-corrected chi connectivity index (χ3v) is 7.12. The molecule has 0 bridgehead atoms. The highest BCUT2D eigenvalue weighted by molar-refractivity contribution is 5.72. The van der Waals surface area contributed by atoms with Crippen molar-refractivity contribution in [2.24, 2.45) is 0 Å². The summed E-state index contributed by atoms with van der Waals surface area (Å²) in [7, 11) is 0. The Balaban J connectivity index is 1.45. The van der Waals surface area contributed by atoms with E-state index >= 15 is 8.78 Å². The Bertz CT molecular complexity index is 1220. The summed E-state index contributed by atoms with van der Waals surface area (Å²) in [6, 6.07) is 12.2. The van der Waals surface area contributed by atoms with Crippen molar-refractivity contribution in [3.8, 4) is 28.0 Å². The molecule has 1 fully saturated rings. The van der Waals surface area contributed by atoms with Crippen molar-refractivity contribution >= 4 is 0 Å². The highest BCUT2D eigenvalue weighted by Crippen LogP contribution is 2.35. The van der Waals surface area contributed by atoms with Crippen molar-refractivity contribution in [2.75, 3.05) is 19.8 Å². The molecule has 0 aliphatic carbocycles. The minimum atomic E-state index is -1.04. The van der Waals surface area contributed by atoms with Crippen LogP contribution in [0, 0.1) is 23.3 Å². The fourth-order valence-corrected chi connectivity index (χ4v) is 4.78. The lowest BCUT2D eigenvalue weighted by molar-refractivity contribution is -0.190. The lowest BCUT2D eigenvalue weighted by atomic mass is 9.94. The van der Waals surface area contributed by atoms with Crippen LogP contribution in [0.4, 0.5) is 17.6 Å². The average Bonchev–Trinajstić information content (AvgIpc) is 2.96. The molecule has 3 aromatic rings. The predicted molar refractivity (Wildman–Crippen MR) is 145 cm³/mol. The number of benzene rings is 3. The summed E-state index contributed by atoms with van der Waals surface area (Å²) in [6.07, 6.45) is 6.41. The molecule has 7 heteroatoms. The van der Waals surface area contributed by atoms with Gasteiger partial charge in [-0.2, -0.15) is 4.39 Å². The minimum Gasteiger partial charge on any atom is -0.490 e. The minimum absolute atomic E-state index is 0.0623. The molecule has 0 spiro atoms. The quantitative estimate of drug-likeness (QED) is 0.168. The van der Waals surface area contributed by atoms with E-state index in [0.717, 1.165) is 44.9 Å². The number of ether oxygens (including phenoxy) is 3. The molecular formula is C32H36F4O3. The van der Waals surface area contributed by atoms with E-state index in [4.69, 9.17) is 14.2 Å². The highest BCUT2D eigenvalue weighted by Gasteiger charge is 2.27. The van der Waals surface area contributed by atoms with Crippen LogP contribution in [0.15, 0.2) is 48.5 Å². The number of rotatable bonds is 12. The zero-order valence-electron chi connectivity index (χ0n) is 22.6. The van der Waals surface area contributed by atoms with E-state index in [0.29, 0.717) is 17.7 Å². The molecular weight excluding hydrogens is 508 g/mol. The Morgan fingerprint density at radius 3 is 1.85 bits per heavy atom. The van der Waals surface area contributed by atoms with Gasteiger partial charge in [-0.3, -0.25) is 0 Å². The highest BCUT2D eigenvalue weighted by atomic mass is 19.2. The van der Waals surface area contributed by atoms with Gasteiger partial charge in [-0.05, 0) is 48.1 Å². The van der Waals surface area contributed by atoms with Crippen LogP contribution in [0.5, 0.6) is 5.75 Å². The van der Waals surface area contributed by atoms with Crippen LogP contribution < -0.4 is 4.74 Å². The molecule has 1 heterocycles. The fourth-order valence-electron chi connectivity index (χ4n) is 4.78. The van der Waals surface area contributed by atoms with Gasteiger partial charge in [0.15, 0.2) is 29.5 Å². The first-order valence-electron chi connectivity index (χ1n) is 13.9. The molecule has 0 atom stereocenters. The van der Waals surface area contributed by atoms with Crippen LogP contribution in [0.2, 0.25) is 0 Å². The number of unbranched alkanes of at least 4 members (excludes halogenated alkanes) is 4. The van der Waals surface area contributed by atoms with E-state index in [2.05, 4.69) is 6.92 Å². The SMILES string of the molecule is CCCCCOc1ccc(-c2ccc(-c3ccc(C4COC(CCCCC)OC4)c(F)c3F)cc2)c(F)c1F. The second-order valence-electron chi connectivity index (χ2n) is 9.99. The molecule has 39 heavy (non-hydrogen) atoms. The zero-order valence-corrected chi connectivity index (χ0v) is 22.6. The lowest BCUT2D eigenvalue weighted by Crippen LogP contribution is -2.31. The summed E-state index contributed by atoms with van der Waals surface area (Å²) < 4.78 is 76.5. The first kappa shape index (κ1) is 29.1. The number of halogens is 4. The Morgan fingerprint density at radius 2 is 1.23 bits per heavy atom. The summed E-state index contributed by atoms with van der Waals surface area (Å²) >= 11 is 0. The maximum Gasteiger partial charge on any atom is 0.201 e. The van der Waals surface area contributed by atoms with Gasteiger partial charge in [-0.1, -0.05) is 75.9 Å². The normalized spacial score (nSPS) is 17.4. The van der Waals surface area contributed by atoms with Gasteiger partial charge in [-0.15, -0.1) is 0 Å². The van der Waals surface area contributed by atoms with E-state index in [-0.39, 0.29) is 41.9 Å². The third-order valence-electron chi connectivity index (χ3n) is 7.12. The van der Waals surface area contributed by atoms with Crippen molar-refractivity contribution in [3.05, 3.63) is 77.4 Å². The molecule has 0 N–H and O–H groups in total. The van der Waals surface area contributed by atoms with Crippen molar-refractivity contribution in [1.82, 2.24) is 0 Å². The summed E-state index contributed by atoms with van der Waals surface area (Å²) in [4.78, 5) is 0. The molecule has 0 aromatic heterocycles. The van der Waals surface area contributed by atoms with Crippen molar-refractivity contribution in [1.29, 1.82) is 0 Å². The van der Waals surface area contributed by atoms with Gasteiger partial charge in [0, 0.05) is 17.0 Å². The van der Waals surface area contributed by atoms with E-state index in [9.17, 15) is 8.78 Å². The van der Waals surface area contributed by atoms with Crippen LogP contribution >= 0.6 is 0 Å². The maximum atomic E-state index is 15.1. The summed E-state index contributed by atoms with van der Waals surface area (Å²) in [5, 5.41) is 0. The second-order valence-corrected chi connectivity index (χ2v) is 9.99. The van der Waals surface area contributed by atoms with Crippen LogP contribution in [0.25, 0.3) is 22.3 Å². The van der Waals surface area contributed by atoms with Crippen LogP contribution in [0.1, 0.15) is 70.3 Å². The molecule has 0 amide bonds. The van der Waals surface area contributed by atoms with Gasteiger partial charge < -0.3 is 14.2 Å². The molecule has 0 saturated carbocycles. The lowest BCUT2D eigenvalue weighted by Gasteiger charge is -2.30. The van der Waals surface area contributed by atoms with E-state index in [1.54, 1.807) is 30.3 Å². The summed E-state index contributed by atoms with van der Waals surface area (Å²) in [5.74, 6) is -4.47. The van der Waals surface area contributed by atoms with Crippen molar-refractivity contribution in [2.45, 2.75) is 71.0 Å². The van der Waals surface area contributed by atoms with Gasteiger partial charge in [0.05, 0.1) is 19.8 Å². The van der Waals surface area contributed by atoms with E-state index in [1.807, 2.05) is 6.92 Å². The molecule has 210 valence electrons. The number of hydrogen-bond donors (Lipinski definition) is 0. The molecule has 1 aliphatic heterocycles. The molecule has 0 radical (unpaired) electrons. The van der Waals surface area contributed by atoms with Gasteiger partial charge in [0.1, 0.15) is 0 Å². The largest absolute Gasteiger partial charge is 0.490 e. The average molecular weight is 545 g/mol. The summed E-state index contributed by atoms with van der Waals surface area (Å²) in [5.41, 5.74) is 1.20. The molecule has 3 nitrogen and oxygen atoms in total. The Kier molecular flexibility index (Phi) is 10.4. The number of hydrogen-bond acceptors (Lipinski definition) is 3. The predicted octanol–water partition coefficient (Wildman–Crippen LogP) is 9.18. The van der Waals surface area contributed by atoms with Gasteiger partial charge in [-0.25, -0.2) is 13.2 Å². The Hall–Kier alpha value is -2.90. The van der Waals surface area contributed by atoms with Gasteiger partial charge in [0.2, 0.25) is 5.82 Å². The Morgan fingerprint density at radius 1 is 0.667 bits per heavy atom. The fraction of sp³-hybridized carbons (Fsp3) is 0.438. The first-order valence-corrected chi connectivity index (χ1v) is 13.9. The van der Waals surface area contributed by atoms with Crippen molar-refractivity contribution in [3.63, 3.8) is 0 Å². The van der Waals surface area contributed by atoms with Gasteiger partial charge >= 0.3 is 0 Å².